The molecule has 0 unspecified atom stereocenters. The Kier molecular flexibility index (Phi) is 6.36. The van der Waals surface area contributed by atoms with Crippen LogP contribution in [-0.4, -0.2) is 25.1 Å². The highest BCUT2D eigenvalue weighted by molar-refractivity contribution is 7.92. The molecule has 0 atom stereocenters. The van der Waals surface area contributed by atoms with E-state index >= 15 is 4.39 Å². The number of nitrogens with zero attached hydrogens (tertiary/aromatic N) is 3. The zero-order chi connectivity index (χ0) is 27.0. The van der Waals surface area contributed by atoms with Crippen molar-refractivity contribution in [2.24, 2.45) is 0 Å². The summed E-state index contributed by atoms with van der Waals surface area (Å²) in [5.41, 5.74) is 0.642. The maximum Gasteiger partial charge on any atom is 0.308 e. The van der Waals surface area contributed by atoms with E-state index in [4.69, 9.17) is 20.8 Å². The van der Waals surface area contributed by atoms with E-state index in [2.05, 4.69) is 9.71 Å². The van der Waals surface area contributed by atoms with E-state index in [0.717, 1.165) is 6.07 Å². The van der Waals surface area contributed by atoms with Gasteiger partial charge in [0, 0.05) is 23.1 Å². The molecule has 0 bridgehead atoms. The Morgan fingerprint density at radius 3 is 2.66 bits per heavy atom. The number of ether oxygens (including phenoxy) is 1. The average molecular weight is 551 g/mol. The van der Waals surface area contributed by atoms with Crippen LogP contribution in [0.5, 0.6) is 5.75 Å². The molecule has 0 fully saturated rings. The van der Waals surface area contributed by atoms with Crippen LogP contribution in [-0.2, 0) is 10.0 Å². The fourth-order valence-electron chi connectivity index (χ4n) is 3.97. The van der Waals surface area contributed by atoms with E-state index in [-0.39, 0.29) is 38.5 Å². The summed E-state index contributed by atoms with van der Waals surface area (Å²) < 4.78 is 54.9. The van der Waals surface area contributed by atoms with Gasteiger partial charge in [-0.1, -0.05) is 17.7 Å². The van der Waals surface area contributed by atoms with Gasteiger partial charge in [0.25, 0.3) is 15.6 Å². The molecule has 0 saturated heterocycles. The molecule has 12 heteroatoms. The Bertz CT molecular complexity index is 1920. The number of sulfonamides is 1. The second-order valence-corrected chi connectivity index (χ2v) is 10.1. The lowest BCUT2D eigenvalue weighted by Gasteiger charge is -2.16. The van der Waals surface area contributed by atoms with E-state index in [1.165, 1.54) is 72.7 Å². The lowest BCUT2D eigenvalue weighted by atomic mass is 10.0. The number of pyridine rings is 1. The Labute approximate surface area is 220 Å². The van der Waals surface area contributed by atoms with Crippen LogP contribution < -0.4 is 15.0 Å². The van der Waals surface area contributed by atoms with Crippen molar-refractivity contribution in [3.8, 4) is 28.6 Å². The maximum absolute atomic E-state index is 15.4. The third-order valence-corrected chi connectivity index (χ3v) is 7.38. The molecule has 0 aliphatic rings. The highest BCUT2D eigenvalue weighted by Crippen LogP contribution is 2.35. The minimum atomic E-state index is -4.04. The molecule has 1 N–H and O–H groups in total. The molecule has 38 heavy (non-hydrogen) atoms. The molecule has 2 aromatic heterocycles. The third-order valence-electron chi connectivity index (χ3n) is 5.74. The van der Waals surface area contributed by atoms with Crippen molar-refractivity contribution in [2.45, 2.75) is 4.90 Å². The predicted octanol–water partition coefficient (Wildman–Crippen LogP) is 5.12. The lowest BCUT2D eigenvalue weighted by molar-refractivity contribution is 0.412. The number of hydrogen-bond acceptors (Lipinski definition) is 7. The van der Waals surface area contributed by atoms with E-state index in [0.29, 0.717) is 16.5 Å². The van der Waals surface area contributed by atoms with Gasteiger partial charge in [-0.05, 0) is 48.0 Å². The number of nitriles is 1. The first-order chi connectivity index (χ1) is 18.2. The summed E-state index contributed by atoms with van der Waals surface area (Å²) in [7, 11) is -2.66. The Morgan fingerprint density at radius 2 is 1.95 bits per heavy atom. The van der Waals surface area contributed by atoms with Crippen molar-refractivity contribution in [3.05, 3.63) is 99.9 Å². The van der Waals surface area contributed by atoms with Crippen LogP contribution >= 0.6 is 11.6 Å². The van der Waals surface area contributed by atoms with Crippen LogP contribution in [0.1, 0.15) is 5.56 Å². The summed E-state index contributed by atoms with van der Waals surface area (Å²) in [6.45, 7) is 0. The first-order valence-electron chi connectivity index (χ1n) is 10.9. The smallest absolute Gasteiger partial charge is 0.308 e. The van der Waals surface area contributed by atoms with Crippen LogP contribution in [0.15, 0.2) is 87.2 Å². The van der Waals surface area contributed by atoms with Gasteiger partial charge in [-0.25, -0.2) is 22.5 Å². The van der Waals surface area contributed by atoms with E-state index < -0.39 is 21.4 Å². The Hall–Kier alpha value is -4.66. The highest BCUT2D eigenvalue weighted by atomic mass is 35.5. The second-order valence-electron chi connectivity index (χ2n) is 7.98. The Morgan fingerprint density at radius 1 is 1.13 bits per heavy atom. The summed E-state index contributed by atoms with van der Waals surface area (Å²) in [6, 6.07) is 15.6. The number of rotatable bonds is 6. The molecule has 0 amide bonds. The van der Waals surface area contributed by atoms with Crippen molar-refractivity contribution < 1.29 is 22.0 Å². The molecule has 9 nitrogen and oxygen atoms in total. The lowest BCUT2D eigenvalue weighted by Crippen LogP contribution is -2.19. The fraction of sp³-hybridized carbons (Fsp3) is 0.0385. The topological polar surface area (TPSA) is 127 Å². The zero-order valence-corrected chi connectivity index (χ0v) is 21.0. The summed E-state index contributed by atoms with van der Waals surface area (Å²) >= 11 is 6.01. The summed E-state index contributed by atoms with van der Waals surface area (Å²) in [4.78, 5) is 16.6. The minimum Gasteiger partial charge on any atom is -0.495 e. The van der Waals surface area contributed by atoms with E-state index in [9.17, 15) is 18.5 Å². The molecule has 0 spiro atoms. The second kappa shape index (κ2) is 9.66. The van der Waals surface area contributed by atoms with Gasteiger partial charge in [0.2, 0.25) is 0 Å². The molecule has 190 valence electrons. The molecule has 0 radical (unpaired) electrons. The molecule has 3 aromatic carbocycles. The highest BCUT2D eigenvalue weighted by Gasteiger charge is 2.20. The number of hydrogen-bond donors (Lipinski definition) is 1. The molecule has 5 aromatic rings. The first-order valence-corrected chi connectivity index (χ1v) is 12.7. The number of oxazole rings is 1. The average Bonchev–Trinajstić information content (AvgIpc) is 3.41. The third kappa shape index (κ3) is 4.47. The molecule has 0 aliphatic carbocycles. The van der Waals surface area contributed by atoms with Crippen molar-refractivity contribution >= 4 is 38.5 Å². The van der Waals surface area contributed by atoms with Crippen LogP contribution in [0, 0.1) is 17.1 Å². The van der Waals surface area contributed by atoms with Crippen LogP contribution in [0.3, 0.4) is 0 Å². The van der Waals surface area contributed by atoms with Gasteiger partial charge in [-0.3, -0.25) is 9.36 Å². The quantitative estimate of drug-likeness (QED) is 0.311. The van der Waals surface area contributed by atoms with Gasteiger partial charge in [-0.2, -0.15) is 5.26 Å². The first kappa shape index (κ1) is 25.0. The zero-order valence-electron chi connectivity index (χ0n) is 19.5. The number of benzene rings is 3. The monoisotopic (exact) mass is 550 g/mol. The molecular weight excluding hydrogens is 535 g/mol. The summed E-state index contributed by atoms with van der Waals surface area (Å²) in [5, 5.41) is 9.90. The maximum atomic E-state index is 15.4. The number of halogens is 2. The molecule has 2 heterocycles. The largest absolute Gasteiger partial charge is 0.495 e. The molecule has 0 aliphatic heterocycles. The van der Waals surface area contributed by atoms with Crippen molar-refractivity contribution in [1.82, 2.24) is 9.55 Å². The fourth-order valence-corrected chi connectivity index (χ4v) is 5.11. The van der Waals surface area contributed by atoms with Crippen LogP contribution in [0.4, 0.5) is 10.4 Å². The Balaban J connectivity index is 1.64. The number of fused-ring (bicyclic) bond motifs is 1. The number of anilines is 1. The van der Waals surface area contributed by atoms with Gasteiger partial charge < -0.3 is 9.15 Å². The molecular formula is C26H16ClFN4O5S. The van der Waals surface area contributed by atoms with Gasteiger partial charge in [0.15, 0.2) is 0 Å². The summed E-state index contributed by atoms with van der Waals surface area (Å²) in [6.07, 6.45) is 2.52. The summed E-state index contributed by atoms with van der Waals surface area (Å²) in [5.74, 6) is -0.503. The van der Waals surface area contributed by atoms with Gasteiger partial charge >= 0.3 is 6.01 Å². The van der Waals surface area contributed by atoms with E-state index in [1.54, 1.807) is 6.07 Å². The van der Waals surface area contributed by atoms with Crippen LogP contribution in [0.25, 0.3) is 27.7 Å². The van der Waals surface area contributed by atoms with Crippen LogP contribution in [0.2, 0.25) is 5.02 Å². The van der Waals surface area contributed by atoms with E-state index in [1.807, 2.05) is 6.07 Å². The minimum absolute atomic E-state index is 0.0991. The standard InChI is InChI=1S/C26H16ClFN4O5S/c1-36-24-12-19(15-2-5-20(27)17(10-15)14-29)21(28)13-23(24)32-22-6-4-18(11-16(22)3-7-25(32)33)38(34,35)31-26-30-8-9-37-26/h2-13H,1H3,(H,30,31). The number of nitrogens with one attached hydrogen (secondary N) is 1. The predicted molar refractivity (Wildman–Crippen MR) is 139 cm³/mol. The van der Waals surface area contributed by atoms with Crippen molar-refractivity contribution in [2.75, 3.05) is 11.8 Å². The SMILES string of the molecule is COc1cc(-c2ccc(Cl)c(C#N)c2)c(F)cc1-n1c(=O)ccc2cc(S(=O)(=O)Nc3ncco3)ccc21. The molecule has 0 saturated carbocycles. The van der Waals surface area contributed by atoms with Gasteiger partial charge in [-0.15, -0.1) is 0 Å². The van der Waals surface area contributed by atoms with Crippen molar-refractivity contribution in [3.63, 3.8) is 0 Å². The number of methoxy groups -OCH3 is 1. The van der Waals surface area contributed by atoms with Gasteiger partial charge in [0.05, 0.1) is 40.0 Å². The van der Waals surface area contributed by atoms with Gasteiger partial charge in [0.1, 0.15) is 23.9 Å². The normalized spacial score (nSPS) is 11.3. The van der Waals surface area contributed by atoms with Crippen molar-refractivity contribution in [1.29, 1.82) is 5.26 Å². The number of aromatic nitrogens is 2. The molecule has 5 rings (SSSR count).